The summed E-state index contributed by atoms with van der Waals surface area (Å²) in [5, 5.41) is 3.90. The quantitative estimate of drug-likeness (QED) is 0.153. The van der Waals surface area contributed by atoms with Crippen LogP contribution in [0.2, 0.25) is 0 Å². The number of rotatable bonds is 8. The molecule has 6 nitrogen and oxygen atoms in total. The molecule has 62 heavy (non-hydrogen) atoms. The average molecular weight is 807 g/mol. The van der Waals surface area contributed by atoms with Gasteiger partial charge in [0.25, 0.3) is 11.8 Å². The number of hydrogen-bond donors (Lipinski definition) is 0. The molecule has 0 radical (unpaired) electrons. The van der Waals surface area contributed by atoms with E-state index in [0.717, 1.165) is 66.8 Å². The lowest BCUT2D eigenvalue weighted by atomic mass is 9.95. The first-order valence-corrected chi connectivity index (χ1v) is 21.1. The minimum Gasteiger partial charge on any atom is -0.310 e. The maximum atomic E-state index is 14.7. The Morgan fingerprint density at radius 2 is 0.613 bits per heavy atom. The standard InChI is InChI=1S/C56H46N4O2/c1-35-15-23-39(24-16-35)59(40-25-17-36(2)18-26-40)49-33-31-47(43-11-7-9-13-45(43)49)53-51-52(56(62)57(53)5)54(58(6)55(51)61)48-32-34-50(46-14-10-8-12-44(46)48)60(41-27-19-37(3)20-28-41)42-29-21-38(4)22-30-42/h7-34H,1-6H3. The van der Waals surface area contributed by atoms with Gasteiger partial charge in [-0.15, -0.1) is 0 Å². The van der Waals surface area contributed by atoms with Gasteiger partial charge in [0, 0.05) is 58.7 Å². The van der Waals surface area contributed by atoms with Gasteiger partial charge >= 0.3 is 0 Å². The van der Waals surface area contributed by atoms with Crippen molar-refractivity contribution in [3.05, 3.63) is 214 Å². The lowest BCUT2D eigenvalue weighted by Crippen LogP contribution is -2.25. The highest BCUT2D eigenvalue weighted by Crippen LogP contribution is 2.50. The highest BCUT2D eigenvalue weighted by Gasteiger charge is 2.47. The maximum absolute atomic E-state index is 14.7. The Balaban J connectivity index is 1.15. The zero-order valence-electron chi connectivity index (χ0n) is 35.8. The summed E-state index contributed by atoms with van der Waals surface area (Å²) in [5.74, 6) is -0.406. The van der Waals surface area contributed by atoms with Gasteiger partial charge in [-0.25, -0.2) is 0 Å². The van der Waals surface area contributed by atoms with Gasteiger partial charge in [-0.3, -0.25) is 9.59 Å². The molecule has 0 saturated heterocycles. The van der Waals surface area contributed by atoms with Gasteiger partial charge in [-0.2, -0.15) is 0 Å². The van der Waals surface area contributed by atoms with Crippen LogP contribution in [0.1, 0.15) is 33.4 Å². The van der Waals surface area contributed by atoms with Crippen LogP contribution in [0.4, 0.5) is 34.1 Å². The molecule has 6 heteroatoms. The van der Waals surface area contributed by atoms with E-state index in [0.29, 0.717) is 22.5 Å². The smallest absolute Gasteiger partial charge is 0.261 e. The number of fused-ring (bicyclic) bond motifs is 3. The molecule has 8 aromatic carbocycles. The fourth-order valence-corrected chi connectivity index (χ4v) is 9.16. The predicted octanol–water partition coefficient (Wildman–Crippen LogP) is 13.2. The van der Waals surface area contributed by atoms with Crippen LogP contribution in [0.5, 0.6) is 0 Å². The number of carbonyl (C=O) groups is 2. The highest BCUT2D eigenvalue weighted by molar-refractivity contribution is 6.32. The van der Waals surface area contributed by atoms with Crippen molar-refractivity contribution in [2.75, 3.05) is 23.9 Å². The largest absolute Gasteiger partial charge is 0.310 e. The number of hydrogen-bond acceptors (Lipinski definition) is 4. The van der Waals surface area contributed by atoms with Crippen molar-refractivity contribution in [1.29, 1.82) is 0 Å². The Kier molecular flexibility index (Phi) is 9.37. The first-order chi connectivity index (χ1) is 30.1. The van der Waals surface area contributed by atoms with E-state index in [1.165, 1.54) is 22.3 Å². The molecule has 302 valence electrons. The highest BCUT2D eigenvalue weighted by atomic mass is 16.2. The van der Waals surface area contributed by atoms with E-state index in [4.69, 9.17) is 0 Å². The Hall–Kier alpha value is -7.70. The fraction of sp³-hybridized carbons (Fsp3) is 0.107. The first-order valence-electron chi connectivity index (χ1n) is 21.1. The zero-order valence-corrected chi connectivity index (χ0v) is 35.8. The Morgan fingerprint density at radius 3 is 0.903 bits per heavy atom. The lowest BCUT2D eigenvalue weighted by molar-refractivity contribution is -0.123. The number of aryl methyl sites for hydroxylation is 4. The summed E-state index contributed by atoms with van der Waals surface area (Å²) in [6.45, 7) is 8.38. The molecule has 0 unspecified atom stereocenters. The minimum absolute atomic E-state index is 0.203. The lowest BCUT2D eigenvalue weighted by Gasteiger charge is -2.28. The van der Waals surface area contributed by atoms with Crippen molar-refractivity contribution in [3.8, 4) is 0 Å². The Labute approximate surface area is 362 Å². The molecule has 0 N–H and O–H groups in total. The topological polar surface area (TPSA) is 47.1 Å². The number of likely N-dealkylation sites (N-methyl/N-ethyl adjacent to an activating group) is 2. The monoisotopic (exact) mass is 806 g/mol. The molecule has 0 saturated carbocycles. The van der Waals surface area contributed by atoms with E-state index in [1.54, 1.807) is 23.9 Å². The van der Waals surface area contributed by atoms with Gasteiger partial charge in [-0.1, -0.05) is 131 Å². The Bertz CT molecular complexity index is 2850. The summed E-state index contributed by atoms with van der Waals surface area (Å²) in [5.41, 5.74) is 14.6. The zero-order chi connectivity index (χ0) is 42.8. The van der Waals surface area contributed by atoms with Gasteiger partial charge in [0.2, 0.25) is 0 Å². The van der Waals surface area contributed by atoms with Crippen LogP contribution in [0, 0.1) is 27.7 Å². The molecule has 10 rings (SSSR count). The summed E-state index contributed by atoms with van der Waals surface area (Å²) in [6, 6.07) is 59.2. The molecule has 0 fully saturated rings. The molecule has 0 bridgehead atoms. The van der Waals surface area contributed by atoms with Crippen LogP contribution in [-0.2, 0) is 9.59 Å². The Morgan fingerprint density at radius 1 is 0.339 bits per heavy atom. The van der Waals surface area contributed by atoms with E-state index in [9.17, 15) is 9.59 Å². The summed E-state index contributed by atoms with van der Waals surface area (Å²) < 4.78 is 0. The SMILES string of the molecule is Cc1ccc(N(c2ccc(C)cc2)c2ccc(C3=C4C(=O)N(C)C(c5ccc(N(c6ccc(C)cc6)c6ccc(C)cc6)c6ccccc56)=C4C(=O)N3C)c3ccccc23)cc1. The number of benzene rings is 8. The van der Waals surface area contributed by atoms with Crippen molar-refractivity contribution in [2.45, 2.75) is 27.7 Å². The van der Waals surface area contributed by atoms with Crippen molar-refractivity contribution in [2.24, 2.45) is 0 Å². The summed E-state index contributed by atoms with van der Waals surface area (Å²) in [4.78, 5) is 37.4. The van der Waals surface area contributed by atoms with Crippen LogP contribution < -0.4 is 9.80 Å². The third-order valence-corrected chi connectivity index (χ3v) is 12.4. The van der Waals surface area contributed by atoms with E-state index in [1.807, 2.05) is 24.3 Å². The van der Waals surface area contributed by atoms with Crippen molar-refractivity contribution in [1.82, 2.24) is 9.80 Å². The third kappa shape index (κ3) is 6.26. The average Bonchev–Trinajstić information content (AvgIpc) is 3.70. The third-order valence-electron chi connectivity index (χ3n) is 12.4. The van der Waals surface area contributed by atoms with Gasteiger partial charge in [0.05, 0.1) is 33.9 Å². The van der Waals surface area contributed by atoms with Gasteiger partial charge < -0.3 is 19.6 Å². The molecule has 8 aromatic rings. The summed E-state index contributed by atoms with van der Waals surface area (Å²) in [6.07, 6.45) is 0. The van der Waals surface area contributed by atoms with E-state index >= 15 is 0 Å². The fourth-order valence-electron chi connectivity index (χ4n) is 9.16. The molecule has 2 amide bonds. The molecule has 0 spiro atoms. The van der Waals surface area contributed by atoms with Gasteiger partial charge in [0.15, 0.2) is 0 Å². The van der Waals surface area contributed by atoms with Crippen LogP contribution in [0.25, 0.3) is 32.9 Å². The number of nitrogens with zero attached hydrogens (tertiary/aromatic N) is 4. The molecule has 0 atom stereocenters. The number of amides is 2. The second kappa shape index (κ2) is 15.1. The van der Waals surface area contributed by atoms with Crippen molar-refractivity contribution in [3.63, 3.8) is 0 Å². The van der Waals surface area contributed by atoms with E-state index in [-0.39, 0.29) is 11.8 Å². The second-order valence-electron chi connectivity index (χ2n) is 16.5. The van der Waals surface area contributed by atoms with E-state index in [2.05, 4.69) is 183 Å². The van der Waals surface area contributed by atoms with Crippen LogP contribution in [-0.4, -0.2) is 35.7 Å². The molecule has 2 aliphatic rings. The second-order valence-corrected chi connectivity index (χ2v) is 16.5. The number of anilines is 6. The minimum atomic E-state index is -0.203. The first kappa shape index (κ1) is 38.5. The van der Waals surface area contributed by atoms with Gasteiger partial charge in [-0.05, 0) is 99.1 Å². The predicted molar refractivity (Wildman–Crippen MR) is 256 cm³/mol. The summed E-state index contributed by atoms with van der Waals surface area (Å²) >= 11 is 0. The van der Waals surface area contributed by atoms with Crippen LogP contribution in [0.15, 0.2) is 181 Å². The summed E-state index contributed by atoms with van der Waals surface area (Å²) in [7, 11) is 3.58. The molecule has 2 aliphatic heterocycles. The molecule has 0 aliphatic carbocycles. The van der Waals surface area contributed by atoms with E-state index < -0.39 is 0 Å². The van der Waals surface area contributed by atoms with Gasteiger partial charge in [0.1, 0.15) is 0 Å². The van der Waals surface area contributed by atoms with Crippen LogP contribution in [0.3, 0.4) is 0 Å². The molecular formula is C56H46N4O2. The molecular weight excluding hydrogens is 761 g/mol. The molecule has 0 aromatic heterocycles. The number of carbonyl (C=O) groups excluding carboxylic acids is 2. The molecule has 2 heterocycles. The van der Waals surface area contributed by atoms with Crippen molar-refractivity contribution < 1.29 is 9.59 Å². The maximum Gasteiger partial charge on any atom is 0.261 e. The van der Waals surface area contributed by atoms with Crippen molar-refractivity contribution >= 4 is 78.9 Å². The van der Waals surface area contributed by atoms with Crippen LogP contribution >= 0.6 is 0 Å². The normalized spacial score (nSPS) is 13.8.